The molecule has 0 N–H and O–H groups in total. The first-order valence-corrected chi connectivity index (χ1v) is 9.09. The summed E-state index contributed by atoms with van der Waals surface area (Å²) in [6.45, 7) is 6.89. The summed E-state index contributed by atoms with van der Waals surface area (Å²) in [6.07, 6.45) is 2.94. The Kier molecular flexibility index (Phi) is 4.40. The van der Waals surface area contributed by atoms with Gasteiger partial charge in [-0.2, -0.15) is 0 Å². The van der Waals surface area contributed by atoms with Gasteiger partial charge in [0.25, 0.3) is 0 Å². The molecule has 3 aromatic rings. The van der Waals surface area contributed by atoms with Crippen LogP contribution in [-0.4, -0.2) is 26.4 Å². The van der Waals surface area contributed by atoms with Gasteiger partial charge in [-0.25, -0.2) is 15.0 Å². The van der Waals surface area contributed by atoms with Crippen LogP contribution in [0.5, 0.6) is 0 Å². The third-order valence-corrected chi connectivity index (χ3v) is 5.02. The number of pyridine rings is 1. The van der Waals surface area contributed by atoms with Crippen molar-refractivity contribution < 1.29 is 0 Å². The van der Waals surface area contributed by atoms with Crippen LogP contribution >= 0.6 is 11.6 Å². The highest BCUT2D eigenvalue weighted by Gasteiger charge is 2.20. The molecule has 0 aliphatic carbocycles. The molecule has 2 aromatic heterocycles. The number of rotatable bonds is 3. The van der Waals surface area contributed by atoms with E-state index in [-0.39, 0.29) is 0 Å². The number of benzene rings is 1. The molecule has 1 aromatic carbocycles. The highest BCUT2D eigenvalue weighted by molar-refractivity contribution is 6.30. The lowest BCUT2D eigenvalue weighted by Gasteiger charge is -2.28. The highest BCUT2D eigenvalue weighted by atomic mass is 35.5. The molecule has 4 rings (SSSR count). The van der Waals surface area contributed by atoms with Gasteiger partial charge in [-0.05, 0) is 12.1 Å². The van der Waals surface area contributed by atoms with Crippen molar-refractivity contribution in [2.24, 2.45) is 0 Å². The summed E-state index contributed by atoms with van der Waals surface area (Å²) in [5.74, 6) is 1.31. The van der Waals surface area contributed by atoms with Gasteiger partial charge in [-0.1, -0.05) is 43.6 Å². The molecule has 0 radical (unpaired) electrons. The van der Waals surface area contributed by atoms with Crippen molar-refractivity contribution in [2.45, 2.75) is 39.3 Å². The molecule has 0 bridgehead atoms. The summed E-state index contributed by atoms with van der Waals surface area (Å²) >= 11 is 6.42. The van der Waals surface area contributed by atoms with Gasteiger partial charge in [0.2, 0.25) is 0 Å². The van der Waals surface area contributed by atoms with E-state index < -0.39 is 0 Å². The van der Waals surface area contributed by atoms with Gasteiger partial charge in [-0.3, -0.25) is 4.90 Å². The van der Waals surface area contributed by atoms with Crippen molar-refractivity contribution in [1.29, 1.82) is 0 Å². The van der Waals surface area contributed by atoms with Gasteiger partial charge in [-0.15, -0.1) is 0 Å². The van der Waals surface area contributed by atoms with Gasteiger partial charge < -0.3 is 0 Å². The molecule has 5 heteroatoms. The number of para-hydroxylation sites is 1. The Balaban J connectivity index is 1.55. The number of fused-ring (bicyclic) bond motifs is 2. The van der Waals surface area contributed by atoms with Crippen molar-refractivity contribution in [3.05, 3.63) is 64.3 Å². The van der Waals surface area contributed by atoms with Crippen molar-refractivity contribution in [3.8, 4) is 0 Å². The van der Waals surface area contributed by atoms with Gasteiger partial charge in [0.15, 0.2) is 0 Å². The third kappa shape index (κ3) is 3.37. The van der Waals surface area contributed by atoms with Crippen LogP contribution in [-0.2, 0) is 19.5 Å². The van der Waals surface area contributed by atoms with E-state index in [9.17, 15) is 0 Å². The normalized spacial score (nSPS) is 14.9. The van der Waals surface area contributed by atoms with Crippen molar-refractivity contribution in [3.63, 3.8) is 0 Å². The Morgan fingerprint density at radius 1 is 1.20 bits per heavy atom. The Morgan fingerprint density at radius 3 is 2.88 bits per heavy atom. The number of hydrogen-bond acceptors (Lipinski definition) is 4. The van der Waals surface area contributed by atoms with E-state index in [1.54, 1.807) is 0 Å². The smallest absolute Gasteiger partial charge is 0.134 e. The molecule has 0 fully saturated rings. The van der Waals surface area contributed by atoms with Crippen LogP contribution in [0, 0.1) is 0 Å². The molecule has 3 heterocycles. The molecule has 1 aliphatic rings. The minimum Gasteiger partial charge on any atom is -0.294 e. The lowest BCUT2D eigenvalue weighted by Crippen LogP contribution is -2.31. The van der Waals surface area contributed by atoms with Crippen LogP contribution in [0.3, 0.4) is 0 Å². The number of aromatic nitrogens is 3. The number of hydrogen-bond donors (Lipinski definition) is 0. The molecular weight excluding hydrogens is 332 g/mol. The summed E-state index contributed by atoms with van der Waals surface area (Å²) in [5.41, 5.74) is 4.43. The molecule has 0 saturated heterocycles. The zero-order valence-electron chi connectivity index (χ0n) is 14.5. The second-order valence-corrected chi connectivity index (χ2v) is 7.30. The minimum absolute atomic E-state index is 0.366. The molecule has 0 amide bonds. The molecule has 0 unspecified atom stereocenters. The van der Waals surface area contributed by atoms with Crippen LogP contribution in [0.4, 0.5) is 0 Å². The van der Waals surface area contributed by atoms with E-state index in [4.69, 9.17) is 16.6 Å². The van der Waals surface area contributed by atoms with Gasteiger partial charge in [0.1, 0.15) is 11.0 Å². The maximum Gasteiger partial charge on any atom is 0.134 e. The number of halogens is 1. The summed E-state index contributed by atoms with van der Waals surface area (Å²) in [6, 6.07) is 10.2. The Hall–Kier alpha value is -2.04. The lowest BCUT2D eigenvalue weighted by atomic mass is 10.1. The Morgan fingerprint density at radius 2 is 2.04 bits per heavy atom. The summed E-state index contributed by atoms with van der Waals surface area (Å²) in [4.78, 5) is 16.2. The first kappa shape index (κ1) is 16.4. The van der Waals surface area contributed by atoms with Crippen LogP contribution in [0.15, 0.2) is 36.5 Å². The van der Waals surface area contributed by atoms with Crippen molar-refractivity contribution in [1.82, 2.24) is 19.9 Å². The summed E-state index contributed by atoms with van der Waals surface area (Å²) in [5, 5.41) is 1.72. The van der Waals surface area contributed by atoms with Crippen molar-refractivity contribution in [2.75, 3.05) is 6.54 Å². The van der Waals surface area contributed by atoms with Crippen LogP contribution in [0.1, 0.15) is 42.4 Å². The maximum atomic E-state index is 6.42. The summed E-state index contributed by atoms with van der Waals surface area (Å²) < 4.78 is 0. The van der Waals surface area contributed by atoms with Crippen LogP contribution in [0.25, 0.3) is 10.9 Å². The molecule has 0 atom stereocenters. The standard InChI is InChI=1S/C20H21ClN4/c1-13(2)20-22-10-16-12-25(8-7-18(16)24-20)11-15-9-14-5-3-4-6-17(14)23-19(15)21/h3-6,9-10,13H,7-8,11-12H2,1-2H3. The summed E-state index contributed by atoms with van der Waals surface area (Å²) in [7, 11) is 0. The SMILES string of the molecule is CC(C)c1ncc2c(n1)CCN(Cc1cc3ccccc3nc1Cl)C2. The van der Waals surface area contributed by atoms with Crippen molar-refractivity contribution >= 4 is 22.5 Å². The van der Waals surface area contributed by atoms with E-state index in [0.717, 1.165) is 48.3 Å². The zero-order chi connectivity index (χ0) is 17.4. The molecule has 1 aliphatic heterocycles. The maximum absolute atomic E-state index is 6.42. The minimum atomic E-state index is 0.366. The fourth-order valence-electron chi connectivity index (χ4n) is 3.29. The molecule has 0 saturated carbocycles. The molecular formula is C20H21ClN4. The van der Waals surface area contributed by atoms with E-state index in [0.29, 0.717) is 11.1 Å². The Labute approximate surface area is 152 Å². The quantitative estimate of drug-likeness (QED) is 0.657. The van der Waals surface area contributed by atoms with E-state index in [1.165, 1.54) is 11.3 Å². The average molecular weight is 353 g/mol. The largest absolute Gasteiger partial charge is 0.294 e. The van der Waals surface area contributed by atoms with Gasteiger partial charge in [0, 0.05) is 60.4 Å². The topological polar surface area (TPSA) is 41.9 Å². The lowest BCUT2D eigenvalue weighted by molar-refractivity contribution is 0.242. The molecule has 25 heavy (non-hydrogen) atoms. The molecule has 0 spiro atoms. The fourth-order valence-corrected chi connectivity index (χ4v) is 3.50. The monoisotopic (exact) mass is 352 g/mol. The van der Waals surface area contributed by atoms with E-state index >= 15 is 0 Å². The number of nitrogens with zero attached hydrogens (tertiary/aromatic N) is 4. The van der Waals surface area contributed by atoms with Crippen LogP contribution in [0.2, 0.25) is 5.15 Å². The highest BCUT2D eigenvalue weighted by Crippen LogP contribution is 2.25. The zero-order valence-corrected chi connectivity index (χ0v) is 15.3. The Bertz CT molecular complexity index is 923. The molecule has 4 nitrogen and oxygen atoms in total. The van der Waals surface area contributed by atoms with E-state index in [1.807, 2.05) is 24.4 Å². The predicted molar refractivity (Wildman–Crippen MR) is 101 cm³/mol. The first-order chi connectivity index (χ1) is 12.1. The van der Waals surface area contributed by atoms with E-state index in [2.05, 4.69) is 40.8 Å². The van der Waals surface area contributed by atoms with Crippen LogP contribution < -0.4 is 0 Å². The first-order valence-electron chi connectivity index (χ1n) is 8.71. The predicted octanol–water partition coefficient (Wildman–Crippen LogP) is 4.36. The molecule has 128 valence electrons. The van der Waals surface area contributed by atoms with Gasteiger partial charge >= 0.3 is 0 Å². The average Bonchev–Trinajstić information content (AvgIpc) is 2.61. The fraction of sp³-hybridized carbons (Fsp3) is 0.350. The second-order valence-electron chi connectivity index (χ2n) is 6.95. The van der Waals surface area contributed by atoms with Gasteiger partial charge in [0.05, 0.1) is 5.52 Å². The second kappa shape index (κ2) is 6.70. The third-order valence-electron chi connectivity index (χ3n) is 4.69.